The number of nitrogens with one attached hydrogen (secondary N) is 2. The predicted molar refractivity (Wildman–Crippen MR) is 82.7 cm³/mol. The van der Waals surface area contributed by atoms with Gasteiger partial charge in [0.25, 0.3) is 0 Å². The molecule has 0 saturated carbocycles. The number of carbonyl (C=O) groups is 1. The van der Waals surface area contributed by atoms with Crippen LogP contribution in [-0.4, -0.2) is 54.9 Å². The van der Waals surface area contributed by atoms with Crippen LogP contribution in [0.1, 0.15) is 19.3 Å². The Bertz CT molecular complexity index is 478. The Balaban J connectivity index is 1.44. The number of piperidine rings is 1. The SMILES string of the molecule is O=C(NC[C@@H]1CCOC1)N[C@@H]1CCCN(c2ncccn2)C1. The lowest BCUT2D eigenvalue weighted by atomic mass is 10.1. The number of nitrogens with zero attached hydrogens (tertiary/aromatic N) is 3. The molecule has 2 amide bonds. The maximum Gasteiger partial charge on any atom is 0.315 e. The minimum atomic E-state index is -0.0901. The molecule has 0 radical (unpaired) electrons. The lowest BCUT2D eigenvalue weighted by molar-refractivity contribution is 0.185. The van der Waals surface area contributed by atoms with E-state index in [1.807, 2.05) is 6.07 Å². The normalized spacial score (nSPS) is 25.0. The molecule has 120 valence electrons. The average molecular weight is 305 g/mol. The van der Waals surface area contributed by atoms with Crippen LogP contribution >= 0.6 is 0 Å². The van der Waals surface area contributed by atoms with Crippen molar-refractivity contribution in [2.75, 3.05) is 37.7 Å². The van der Waals surface area contributed by atoms with Crippen LogP contribution in [0.3, 0.4) is 0 Å². The highest BCUT2D eigenvalue weighted by Gasteiger charge is 2.23. The molecule has 0 aliphatic carbocycles. The molecule has 0 spiro atoms. The first-order chi connectivity index (χ1) is 10.8. The zero-order valence-corrected chi connectivity index (χ0v) is 12.7. The van der Waals surface area contributed by atoms with E-state index in [0.29, 0.717) is 12.5 Å². The molecule has 22 heavy (non-hydrogen) atoms. The maximum atomic E-state index is 12.0. The highest BCUT2D eigenvalue weighted by molar-refractivity contribution is 5.74. The second-order valence-electron chi connectivity index (χ2n) is 5.92. The summed E-state index contributed by atoms with van der Waals surface area (Å²) in [6.45, 7) is 3.93. The van der Waals surface area contributed by atoms with Crippen LogP contribution in [0.5, 0.6) is 0 Å². The van der Waals surface area contributed by atoms with Crippen LogP contribution in [0.2, 0.25) is 0 Å². The summed E-state index contributed by atoms with van der Waals surface area (Å²) in [6.07, 6.45) is 6.54. The number of amides is 2. The van der Waals surface area contributed by atoms with E-state index >= 15 is 0 Å². The van der Waals surface area contributed by atoms with Gasteiger partial charge in [-0.1, -0.05) is 0 Å². The molecule has 2 fully saturated rings. The highest BCUT2D eigenvalue weighted by Crippen LogP contribution is 2.15. The largest absolute Gasteiger partial charge is 0.381 e. The fraction of sp³-hybridized carbons (Fsp3) is 0.667. The van der Waals surface area contributed by atoms with E-state index in [4.69, 9.17) is 4.74 Å². The molecule has 2 aliphatic heterocycles. The molecule has 3 heterocycles. The van der Waals surface area contributed by atoms with E-state index in [1.54, 1.807) is 12.4 Å². The Kier molecular flexibility index (Phi) is 5.05. The monoisotopic (exact) mass is 305 g/mol. The molecule has 2 N–H and O–H groups in total. The van der Waals surface area contributed by atoms with E-state index in [9.17, 15) is 4.79 Å². The second-order valence-corrected chi connectivity index (χ2v) is 5.92. The summed E-state index contributed by atoms with van der Waals surface area (Å²) in [5.74, 6) is 1.18. The van der Waals surface area contributed by atoms with E-state index in [2.05, 4.69) is 25.5 Å². The van der Waals surface area contributed by atoms with Gasteiger partial charge in [0.15, 0.2) is 0 Å². The molecule has 0 unspecified atom stereocenters. The summed E-state index contributed by atoms with van der Waals surface area (Å²) < 4.78 is 5.31. The van der Waals surface area contributed by atoms with Crippen molar-refractivity contribution in [3.63, 3.8) is 0 Å². The molecule has 7 nitrogen and oxygen atoms in total. The van der Waals surface area contributed by atoms with Crippen molar-refractivity contribution in [1.29, 1.82) is 0 Å². The molecular weight excluding hydrogens is 282 g/mol. The highest BCUT2D eigenvalue weighted by atomic mass is 16.5. The smallest absolute Gasteiger partial charge is 0.315 e. The first-order valence-corrected chi connectivity index (χ1v) is 7.95. The molecule has 0 aromatic carbocycles. The number of rotatable bonds is 4. The summed E-state index contributed by atoms with van der Waals surface area (Å²) in [4.78, 5) is 22.7. The lowest BCUT2D eigenvalue weighted by Gasteiger charge is -2.33. The van der Waals surface area contributed by atoms with Crippen molar-refractivity contribution in [3.8, 4) is 0 Å². The summed E-state index contributed by atoms with van der Waals surface area (Å²) in [6, 6.07) is 1.86. The van der Waals surface area contributed by atoms with Gasteiger partial charge in [0.1, 0.15) is 0 Å². The van der Waals surface area contributed by atoms with Gasteiger partial charge in [0, 0.05) is 50.6 Å². The second kappa shape index (κ2) is 7.40. The quantitative estimate of drug-likeness (QED) is 0.859. The minimum absolute atomic E-state index is 0.0901. The van der Waals surface area contributed by atoms with Crippen molar-refractivity contribution in [2.24, 2.45) is 5.92 Å². The topological polar surface area (TPSA) is 79.4 Å². The first kappa shape index (κ1) is 15.0. The maximum absolute atomic E-state index is 12.0. The first-order valence-electron chi connectivity index (χ1n) is 7.95. The molecule has 2 atom stereocenters. The molecule has 3 rings (SSSR count). The standard InChI is InChI=1S/C15H23N5O2/c21-15(18-9-12-4-8-22-11-12)19-13-3-1-7-20(10-13)14-16-5-2-6-17-14/h2,5-6,12-13H,1,3-4,7-11H2,(H2,18,19,21)/t12-,13+/m0/s1. The third-order valence-corrected chi connectivity index (χ3v) is 4.17. The zero-order chi connectivity index (χ0) is 15.2. The fourth-order valence-electron chi connectivity index (χ4n) is 2.95. The Morgan fingerprint density at radius 1 is 1.36 bits per heavy atom. The number of urea groups is 1. The van der Waals surface area contributed by atoms with Crippen molar-refractivity contribution in [2.45, 2.75) is 25.3 Å². The molecule has 2 aliphatic rings. The van der Waals surface area contributed by atoms with Gasteiger partial charge in [-0.3, -0.25) is 0 Å². The van der Waals surface area contributed by atoms with Crippen LogP contribution in [0, 0.1) is 5.92 Å². The number of ether oxygens (including phenoxy) is 1. The molecule has 0 bridgehead atoms. The average Bonchev–Trinajstić information content (AvgIpc) is 3.08. The van der Waals surface area contributed by atoms with Gasteiger partial charge >= 0.3 is 6.03 Å². The molecule has 2 saturated heterocycles. The number of hydrogen-bond acceptors (Lipinski definition) is 5. The zero-order valence-electron chi connectivity index (χ0n) is 12.7. The van der Waals surface area contributed by atoms with Gasteiger partial charge in [0.2, 0.25) is 5.95 Å². The third-order valence-electron chi connectivity index (χ3n) is 4.17. The van der Waals surface area contributed by atoms with Crippen LogP contribution in [0.15, 0.2) is 18.5 Å². The summed E-state index contributed by atoms with van der Waals surface area (Å²) in [5.41, 5.74) is 0. The predicted octanol–water partition coefficient (Wildman–Crippen LogP) is 0.781. The van der Waals surface area contributed by atoms with Crippen molar-refractivity contribution in [3.05, 3.63) is 18.5 Å². The van der Waals surface area contributed by atoms with E-state index in [0.717, 1.165) is 51.5 Å². The molecule has 1 aromatic rings. The summed E-state index contributed by atoms with van der Waals surface area (Å²) >= 11 is 0. The van der Waals surface area contributed by atoms with Gasteiger partial charge in [-0.05, 0) is 25.3 Å². The summed E-state index contributed by atoms with van der Waals surface area (Å²) in [5, 5.41) is 6.00. The van der Waals surface area contributed by atoms with Gasteiger partial charge in [0.05, 0.1) is 6.61 Å². The molecule has 7 heteroatoms. The number of aromatic nitrogens is 2. The Hall–Kier alpha value is -1.89. The number of anilines is 1. The van der Waals surface area contributed by atoms with E-state index in [1.165, 1.54) is 0 Å². The van der Waals surface area contributed by atoms with Crippen LogP contribution in [0.4, 0.5) is 10.7 Å². The fourth-order valence-corrected chi connectivity index (χ4v) is 2.95. The van der Waals surface area contributed by atoms with Crippen molar-refractivity contribution < 1.29 is 9.53 Å². The Labute approximate surface area is 130 Å². The van der Waals surface area contributed by atoms with Gasteiger partial charge in [-0.15, -0.1) is 0 Å². The third kappa shape index (κ3) is 4.07. The Morgan fingerprint density at radius 3 is 3.00 bits per heavy atom. The number of carbonyl (C=O) groups excluding carboxylic acids is 1. The summed E-state index contributed by atoms with van der Waals surface area (Å²) in [7, 11) is 0. The molecular formula is C15H23N5O2. The van der Waals surface area contributed by atoms with E-state index in [-0.39, 0.29) is 12.1 Å². The van der Waals surface area contributed by atoms with E-state index < -0.39 is 0 Å². The van der Waals surface area contributed by atoms with Crippen LogP contribution in [-0.2, 0) is 4.74 Å². The van der Waals surface area contributed by atoms with Gasteiger partial charge in [-0.2, -0.15) is 0 Å². The molecule has 1 aromatic heterocycles. The van der Waals surface area contributed by atoms with Gasteiger partial charge < -0.3 is 20.3 Å². The van der Waals surface area contributed by atoms with Crippen molar-refractivity contribution in [1.82, 2.24) is 20.6 Å². The van der Waals surface area contributed by atoms with Crippen LogP contribution in [0.25, 0.3) is 0 Å². The number of hydrogen-bond donors (Lipinski definition) is 2. The lowest BCUT2D eigenvalue weighted by Crippen LogP contribution is -2.51. The minimum Gasteiger partial charge on any atom is -0.381 e. The Morgan fingerprint density at radius 2 is 2.23 bits per heavy atom. The van der Waals surface area contributed by atoms with Crippen LogP contribution < -0.4 is 15.5 Å². The van der Waals surface area contributed by atoms with Gasteiger partial charge in [-0.25, -0.2) is 14.8 Å². The van der Waals surface area contributed by atoms with Crippen molar-refractivity contribution >= 4 is 12.0 Å².